The van der Waals surface area contributed by atoms with Crippen molar-refractivity contribution in [3.05, 3.63) is 48.0 Å². The Morgan fingerprint density at radius 2 is 1.87 bits per heavy atom. The molecule has 0 aliphatic carbocycles. The smallest absolute Gasteiger partial charge is 0.228 e. The van der Waals surface area contributed by atoms with Gasteiger partial charge in [-0.25, -0.2) is 13.4 Å². The number of carbonyl (C=O) groups is 1. The molecule has 3 rings (SSSR count). The molecule has 1 N–H and O–H groups in total. The second kappa shape index (κ2) is 10.2. The summed E-state index contributed by atoms with van der Waals surface area (Å²) >= 11 is 5.36. The van der Waals surface area contributed by atoms with Gasteiger partial charge in [-0.05, 0) is 41.1 Å². The first-order valence-electron chi connectivity index (χ1n) is 9.44. The summed E-state index contributed by atoms with van der Waals surface area (Å²) in [7, 11) is -3.24. The van der Waals surface area contributed by atoms with Crippen molar-refractivity contribution < 1.29 is 13.2 Å². The fourth-order valence-corrected chi connectivity index (χ4v) is 6.35. The van der Waals surface area contributed by atoms with Crippen molar-refractivity contribution in [3.63, 3.8) is 0 Å². The van der Waals surface area contributed by atoms with Crippen LogP contribution in [0.3, 0.4) is 0 Å². The van der Waals surface area contributed by atoms with Crippen molar-refractivity contribution in [2.75, 3.05) is 23.1 Å². The van der Waals surface area contributed by atoms with Crippen LogP contribution in [0.25, 0.3) is 10.2 Å². The lowest BCUT2D eigenvalue weighted by atomic mass is 10.1. The van der Waals surface area contributed by atoms with Crippen LogP contribution < -0.4 is 5.32 Å². The molecule has 160 valence electrons. The molecule has 9 heteroatoms. The number of thioether (sulfide) groups is 2. The van der Waals surface area contributed by atoms with Gasteiger partial charge in [-0.3, -0.25) is 4.79 Å². The number of rotatable bonds is 9. The van der Waals surface area contributed by atoms with Crippen molar-refractivity contribution in [2.45, 2.75) is 34.8 Å². The van der Waals surface area contributed by atoms with Gasteiger partial charge in [0.25, 0.3) is 0 Å². The Balaban J connectivity index is 1.59. The highest BCUT2D eigenvalue weighted by molar-refractivity contribution is 8.04. The molecule has 1 aromatic heterocycles. The molecule has 0 radical (unpaired) electrons. The highest BCUT2D eigenvalue weighted by atomic mass is 32.2. The zero-order valence-corrected chi connectivity index (χ0v) is 20.3. The van der Waals surface area contributed by atoms with Crippen molar-refractivity contribution in [3.8, 4) is 0 Å². The number of fused-ring (bicyclic) bond motifs is 1. The van der Waals surface area contributed by atoms with Crippen LogP contribution in [0.4, 0.5) is 5.69 Å². The summed E-state index contributed by atoms with van der Waals surface area (Å²) in [5.74, 6) is 1.99. The van der Waals surface area contributed by atoms with E-state index in [9.17, 15) is 13.2 Å². The number of nitrogens with zero attached hydrogens (tertiary/aromatic N) is 1. The lowest BCUT2D eigenvalue weighted by molar-refractivity contribution is -0.115. The van der Waals surface area contributed by atoms with Crippen LogP contribution in [0.5, 0.6) is 0 Å². The monoisotopic (exact) mass is 480 g/mol. The van der Waals surface area contributed by atoms with Gasteiger partial charge in [0.1, 0.15) is 0 Å². The van der Waals surface area contributed by atoms with Gasteiger partial charge in [-0.15, -0.1) is 11.3 Å². The average Bonchev–Trinajstić information content (AvgIpc) is 3.07. The van der Waals surface area contributed by atoms with Gasteiger partial charge in [0.2, 0.25) is 5.91 Å². The van der Waals surface area contributed by atoms with E-state index in [0.717, 1.165) is 37.3 Å². The third kappa shape index (κ3) is 6.73. The molecule has 0 aliphatic rings. The van der Waals surface area contributed by atoms with Crippen molar-refractivity contribution in [1.82, 2.24) is 4.98 Å². The number of hydrogen-bond acceptors (Lipinski definition) is 7. The van der Waals surface area contributed by atoms with E-state index in [1.54, 1.807) is 35.2 Å². The minimum Gasteiger partial charge on any atom is -0.326 e. The first kappa shape index (κ1) is 23.1. The number of anilines is 1. The number of sulfone groups is 1. The second-order valence-electron chi connectivity index (χ2n) is 7.07. The zero-order chi connectivity index (χ0) is 21.7. The summed E-state index contributed by atoms with van der Waals surface area (Å²) in [6.07, 6.45) is 1.35. The summed E-state index contributed by atoms with van der Waals surface area (Å²) in [5.41, 5.74) is 2.43. The van der Waals surface area contributed by atoms with Gasteiger partial charge >= 0.3 is 0 Å². The Morgan fingerprint density at radius 3 is 2.53 bits per heavy atom. The van der Waals surface area contributed by atoms with E-state index in [-0.39, 0.29) is 17.2 Å². The molecule has 1 amide bonds. The minimum atomic E-state index is -3.24. The number of amides is 1. The van der Waals surface area contributed by atoms with E-state index in [0.29, 0.717) is 5.25 Å². The molecule has 0 fully saturated rings. The number of thiazole rings is 1. The van der Waals surface area contributed by atoms with Crippen molar-refractivity contribution in [1.29, 1.82) is 0 Å². The van der Waals surface area contributed by atoms with E-state index in [4.69, 9.17) is 0 Å². The molecule has 0 saturated heterocycles. The van der Waals surface area contributed by atoms with E-state index in [1.807, 2.05) is 30.0 Å². The number of nitrogens with one attached hydrogen (secondary N) is 1. The van der Waals surface area contributed by atoms with Crippen LogP contribution in [-0.4, -0.2) is 42.3 Å². The maximum atomic E-state index is 12.4. The van der Waals surface area contributed by atoms with Crippen LogP contribution in [0.1, 0.15) is 19.4 Å². The molecular formula is C21H24N2O3S4. The largest absolute Gasteiger partial charge is 0.326 e. The van der Waals surface area contributed by atoms with Crippen molar-refractivity contribution >= 4 is 66.5 Å². The number of hydrogen-bond donors (Lipinski definition) is 1. The third-order valence-electron chi connectivity index (χ3n) is 4.13. The van der Waals surface area contributed by atoms with Gasteiger partial charge < -0.3 is 5.32 Å². The van der Waals surface area contributed by atoms with E-state index >= 15 is 0 Å². The first-order chi connectivity index (χ1) is 14.2. The summed E-state index contributed by atoms with van der Waals surface area (Å²) in [5, 5.41) is 3.56. The van der Waals surface area contributed by atoms with Gasteiger partial charge in [0, 0.05) is 23.4 Å². The molecule has 0 saturated carbocycles. The quantitative estimate of drug-likeness (QED) is 0.339. The first-order valence-corrected chi connectivity index (χ1v) is 14.2. The Hall–Kier alpha value is -1.55. The molecule has 0 atom stereocenters. The van der Waals surface area contributed by atoms with Gasteiger partial charge in [-0.2, -0.15) is 11.8 Å². The molecule has 0 spiro atoms. The van der Waals surface area contributed by atoms with Crippen LogP contribution in [0.15, 0.2) is 51.7 Å². The Bertz CT molecular complexity index is 1120. The van der Waals surface area contributed by atoms with Gasteiger partial charge in [0.05, 0.1) is 21.5 Å². The Morgan fingerprint density at radius 1 is 1.13 bits per heavy atom. The van der Waals surface area contributed by atoms with Gasteiger partial charge in [0.15, 0.2) is 14.2 Å². The highest BCUT2D eigenvalue weighted by Gasteiger charge is 2.10. The Labute approximate surface area is 190 Å². The van der Waals surface area contributed by atoms with Crippen LogP contribution >= 0.6 is 34.9 Å². The zero-order valence-electron chi connectivity index (χ0n) is 17.0. The predicted molar refractivity (Wildman–Crippen MR) is 130 cm³/mol. The minimum absolute atomic E-state index is 0.147. The van der Waals surface area contributed by atoms with Crippen LogP contribution in [0, 0.1) is 0 Å². The highest BCUT2D eigenvalue weighted by Crippen LogP contribution is 2.31. The third-order valence-corrected chi connectivity index (χ3v) is 8.79. The Kier molecular flexibility index (Phi) is 7.84. The van der Waals surface area contributed by atoms with Gasteiger partial charge in [-0.1, -0.05) is 37.7 Å². The molecule has 5 nitrogen and oxygen atoms in total. The lowest BCUT2D eigenvalue weighted by Gasteiger charge is -2.06. The molecule has 0 bridgehead atoms. The average molecular weight is 481 g/mol. The summed E-state index contributed by atoms with van der Waals surface area (Å²) in [6, 6.07) is 12.1. The normalized spacial score (nSPS) is 11.9. The summed E-state index contributed by atoms with van der Waals surface area (Å²) < 4.78 is 25.2. The summed E-state index contributed by atoms with van der Waals surface area (Å²) in [4.78, 5) is 17.3. The van der Waals surface area contributed by atoms with E-state index in [1.165, 1.54) is 18.4 Å². The summed E-state index contributed by atoms with van der Waals surface area (Å²) in [6.45, 7) is 4.40. The molecule has 1 heterocycles. The molecule has 0 unspecified atom stereocenters. The molecule has 0 aliphatic heterocycles. The van der Waals surface area contributed by atoms with E-state index < -0.39 is 9.84 Å². The second-order valence-corrected chi connectivity index (χ2v) is 13.1. The van der Waals surface area contributed by atoms with Crippen molar-refractivity contribution in [2.24, 2.45) is 0 Å². The number of carbonyl (C=O) groups excluding carboxylic acids is 1. The standard InChI is InChI=1S/C21H24N2O3S4/c1-14(2)27-10-11-28-21-23-18-9-6-16(13-19(18)29-21)22-20(24)12-15-4-7-17(8-5-15)30(3,25)26/h4-9,13-14H,10-12H2,1-3H3,(H,22,24). The number of aromatic nitrogens is 1. The molecule has 3 aromatic rings. The maximum Gasteiger partial charge on any atom is 0.228 e. The molecular weight excluding hydrogens is 457 g/mol. The predicted octanol–water partition coefficient (Wildman–Crippen LogP) is 5.11. The fourth-order valence-electron chi connectivity index (χ4n) is 2.70. The fraction of sp³-hybridized carbons (Fsp3) is 0.333. The van der Waals surface area contributed by atoms with Crippen LogP contribution in [0.2, 0.25) is 0 Å². The van der Waals surface area contributed by atoms with E-state index in [2.05, 4.69) is 24.1 Å². The topological polar surface area (TPSA) is 76.1 Å². The maximum absolute atomic E-state index is 12.4. The molecule has 2 aromatic carbocycles. The number of benzene rings is 2. The SMILES string of the molecule is CC(C)SCCSc1nc2ccc(NC(=O)Cc3ccc(S(C)(=O)=O)cc3)cc2s1. The van der Waals surface area contributed by atoms with Crippen LogP contribution in [-0.2, 0) is 21.1 Å². The molecule has 30 heavy (non-hydrogen) atoms. The lowest BCUT2D eigenvalue weighted by Crippen LogP contribution is -2.14.